The summed E-state index contributed by atoms with van der Waals surface area (Å²) < 4.78 is 11.8. The Kier molecular flexibility index (Phi) is 3.91. The lowest BCUT2D eigenvalue weighted by Crippen LogP contribution is -2.49. The zero-order valence-electron chi connectivity index (χ0n) is 13.7. The Labute approximate surface area is 140 Å². The van der Waals surface area contributed by atoms with Crippen LogP contribution in [0.3, 0.4) is 0 Å². The summed E-state index contributed by atoms with van der Waals surface area (Å²) >= 11 is 6.40. The number of fused-ring (bicyclic) bond motifs is 3. The van der Waals surface area contributed by atoms with E-state index in [0.29, 0.717) is 10.7 Å². The van der Waals surface area contributed by atoms with E-state index in [2.05, 4.69) is 4.98 Å². The topological polar surface area (TPSA) is 55.5 Å². The van der Waals surface area contributed by atoms with Gasteiger partial charge in [0.15, 0.2) is 0 Å². The van der Waals surface area contributed by atoms with Crippen molar-refractivity contribution in [2.45, 2.75) is 38.9 Å². The van der Waals surface area contributed by atoms with Crippen LogP contribution >= 0.6 is 11.6 Å². The van der Waals surface area contributed by atoms with Crippen molar-refractivity contribution in [1.82, 2.24) is 4.98 Å². The largest absolute Gasteiger partial charge is 0.438 e. The number of hydrogen-bond donors (Lipinski definition) is 1. The molecule has 3 rings (SSSR count). The fourth-order valence-electron chi connectivity index (χ4n) is 2.32. The zero-order valence-corrected chi connectivity index (χ0v) is 14.4. The minimum atomic E-state index is -0.979. The van der Waals surface area contributed by atoms with Gasteiger partial charge in [0.25, 0.3) is 0 Å². The molecule has 1 N–H and O–H groups in total. The molecule has 0 unspecified atom stereocenters. The molecular formula is C17H19BClNO3. The standard InChI is InChI=1S/C17H19BClNO3/c1-16(2,21)17(3,4)23-18-14-11(19)7-8-12-13(14)10-6-5-9-20-15(10)22-12/h5-9,18,21H,1-4H3. The Morgan fingerprint density at radius 2 is 1.96 bits per heavy atom. The van der Waals surface area contributed by atoms with Crippen LogP contribution in [0.15, 0.2) is 34.9 Å². The highest BCUT2D eigenvalue weighted by Gasteiger charge is 2.36. The van der Waals surface area contributed by atoms with E-state index in [9.17, 15) is 5.11 Å². The average molecular weight is 332 g/mol. The third-order valence-electron chi connectivity index (χ3n) is 4.52. The third kappa shape index (κ3) is 2.85. The second kappa shape index (κ2) is 5.51. The molecule has 120 valence electrons. The first-order chi connectivity index (χ1) is 10.7. The van der Waals surface area contributed by atoms with Crippen LogP contribution in [0, 0.1) is 0 Å². The number of benzene rings is 1. The fraction of sp³-hybridized carbons (Fsp3) is 0.353. The molecule has 0 atom stereocenters. The fourth-order valence-corrected chi connectivity index (χ4v) is 2.53. The molecule has 0 aliphatic heterocycles. The summed E-state index contributed by atoms with van der Waals surface area (Å²) in [5.41, 5.74) is 0.438. The molecule has 0 aliphatic rings. The SMILES string of the molecule is CC(C)(O)C(C)(C)OBc1c(Cl)ccc2oc3ncccc3c12. The van der Waals surface area contributed by atoms with Gasteiger partial charge in [-0.05, 0) is 57.4 Å². The van der Waals surface area contributed by atoms with Crippen LogP contribution in [0.4, 0.5) is 0 Å². The van der Waals surface area contributed by atoms with Crippen molar-refractivity contribution in [3.8, 4) is 0 Å². The lowest BCUT2D eigenvalue weighted by Gasteiger charge is -2.37. The van der Waals surface area contributed by atoms with Crippen LogP contribution in [0.2, 0.25) is 5.02 Å². The highest BCUT2D eigenvalue weighted by Crippen LogP contribution is 2.29. The van der Waals surface area contributed by atoms with E-state index in [1.807, 2.05) is 32.0 Å². The first-order valence-corrected chi connectivity index (χ1v) is 7.89. The van der Waals surface area contributed by atoms with Gasteiger partial charge < -0.3 is 14.2 Å². The van der Waals surface area contributed by atoms with Crippen molar-refractivity contribution in [3.05, 3.63) is 35.5 Å². The van der Waals surface area contributed by atoms with Crippen molar-refractivity contribution >= 4 is 46.6 Å². The summed E-state index contributed by atoms with van der Waals surface area (Å²) in [5.74, 6) is 0. The molecule has 23 heavy (non-hydrogen) atoms. The minimum Gasteiger partial charge on any atom is -0.438 e. The van der Waals surface area contributed by atoms with E-state index in [1.165, 1.54) is 0 Å². The smallest absolute Gasteiger partial charge is 0.311 e. The first kappa shape index (κ1) is 16.3. The van der Waals surface area contributed by atoms with Gasteiger partial charge in [0, 0.05) is 22.0 Å². The maximum absolute atomic E-state index is 10.3. The van der Waals surface area contributed by atoms with Crippen LogP contribution in [0.25, 0.3) is 22.1 Å². The predicted octanol–water partition coefficient (Wildman–Crippen LogP) is 3.18. The van der Waals surface area contributed by atoms with Gasteiger partial charge >= 0.3 is 7.48 Å². The van der Waals surface area contributed by atoms with E-state index < -0.39 is 11.2 Å². The van der Waals surface area contributed by atoms with Crippen molar-refractivity contribution in [1.29, 1.82) is 0 Å². The summed E-state index contributed by atoms with van der Waals surface area (Å²) in [5, 5.41) is 12.7. The third-order valence-corrected chi connectivity index (χ3v) is 4.87. The van der Waals surface area contributed by atoms with Gasteiger partial charge in [-0.25, -0.2) is 4.98 Å². The molecule has 0 aliphatic carbocycles. The Hall–Kier alpha value is -1.56. The van der Waals surface area contributed by atoms with E-state index >= 15 is 0 Å². The molecule has 0 saturated carbocycles. The Morgan fingerprint density at radius 1 is 1.22 bits per heavy atom. The van der Waals surface area contributed by atoms with Crippen LogP contribution in [-0.2, 0) is 4.65 Å². The summed E-state index contributed by atoms with van der Waals surface area (Å²) in [6.45, 7) is 7.17. The van der Waals surface area contributed by atoms with Gasteiger partial charge in [-0.2, -0.15) is 0 Å². The molecule has 0 radical (unpaired) electrons. The molecular weight excluding hydrogens is 312 g/mol. The molecule has 0 fully saturated rings. The molecule has 0 saturated heterocycles. The van der Waals surface area contributed by atoms with Gasteiger partial charge in [0.05, 0.1) is 11.2 Å². The number of aromatic nitrogens is 1. The molecule has 0 spiro atoms. The van der Waals surface area contributed by atoms with Crippen molar-refractivity contribution in [2.24, 2.45) is 0 Å². The van der Waals surface area contributed by atoms with Gasteiger partial charge in [-0.3, -0.25) is 0 Å². The summed E-state index contributed by atoms with van der Waals surface area (Å²) in [6, 6.07) is 7.45. The molecule has 1 aromatic carbocycles. The van der Waals surface area contributed by atoms with Crippen LogP contribution < -0.4 is 5.46 Å². The van der Waals surface area contributed by atoms with E-state index in [1.54, 1.807) is 26.1 Å². The van der Waals surface area contributed by atoms with Crippen LogP contribution in [-0.4, -0.2) is 28.8 Å². The van der Waals surface area contributed by atoms with E-state index in [-0.39, 0.29) is 7.48 Å². The van der Waals surface area contributed by atoms with Gasteiger partial charge in [0.2, 0.25) is 5.71 Å². The second-order valence-corrected chi connectivity index (χ2v) is 7.12. The quantitative estimate of drug-likeness (QED) is 0.746. The number of pyridine rings is 1. The summed E-state index contributed by atoms with van der Waals surface area (Å²) in [4.78, 5) is 4.25. The van der Waals surface area contributed by atoms with Crippen LogP contribution in [0.1, 0.15) is 27.7 Å². The molecule has 2 heterocycles. The van der Waals surface area contributed by atoms with Crippen molar-refractivity contribution < 1.29 is 14.2 Å². The lowest BCUT2D eigenvalue weighted by molar-refractivity contribution is -0.0893. The molecule has 2 aromatic heterocycles. The van der Waals surface area contributed by atoms with Crippen molar-refractivity contribution in [2.75, 3.05) is 0 Å². The monoisotopic (exact) mass is 331 g/mol. The number of aliphatic hydroxyl groups is 1. The average Bonchev–Trinajstić information content (AvgIpc) is 2.84. The number of nitrogens with zero attached hydrogens (tertiary/aromatic N) is 1. The lowest BCUT2D eigenvalue weighted by atomic mass is 9.80. The van der Waals surface area contributed by atoms with Crippen molar-refractivity contribution in [3.63, 3.8) is 0 Å². The highest BCUT2D eigenvalue weighted by molar-refractivity contribution is 6.58. The molecule has 0 bridgehead atoms. The molecule has 6 heteroatoms. The first-order valence-electron chi connectivity index (χ1n) is 7.52. The Balaban J connectivity index is 2.08. The molecule has 3 aromatic rings. The highest BCUT2D eigenvalue weighted by atomic mass is 35.5. The van der Waals surface area contributed by atoms with E-state index in [0.717, 1.165) is 21.8 Å². The normalized spacial score (nSPS) is 13.0. The van der Waals surface area contributed by atoms with Gasteiger partial charge in [-0.15, -0.1) is 0 Å². The maximum atomic E-state index is 10.3. The summed E-state index contributed by atoms with van der Waals surface area (Å²) in [7, 11) is 0.274. The number of hydrogen-bond acceptors (Lipinski definition) is 4. The molecule has 4 nitrogen and oxygen atoms in total. The second-order valence-electron chi connectivity index (χ2n) is 6.72. The van der Waals surface area contributed by atoms with E-state index in [4.69, 9.17) is 20.7 Å². The number of rotatable bonds is 4. The minimum absolute atomic E-state index is 0.274. The maximum Gasteiger partial charge on any atom is 0.311 e. The zero-order chi connectivity index (χ0) is 16.8. The Bertz CT molecular complexity index is 867. The molecule has 0 amide bonds. The Morgan fingerprint density at radius 3 is 2.65 bits per heavy atom. The number of halogens is 1. The van der Waals surface area contributed by atoms with Gasteiger partial charge in [0.1, 0.15) is 5.58 Å². The van der Waals surface area contributed by atoms with Crippen LogP contribution in [0.5, 0.6) is 0 Å². The summed E-state index contributed by atoms with van der Waals surface area (Å²) in [6.07, 6.45) is 1.69. The van der Waals surface area contributed by atoms with Gasteiger partial charge in [-0.1, -0.05) is 11.6 Å². The number of furan rings is 1. The predicted molar refractivity (Wildman–Crippen MR) is 94.8 cm³/mol.